The van der Waals surface area contributed by atoms with Crippen LogP contribution in [0.4, 0.5) is 21.8 Å². The fourth-order valence-electron chi connectivity index (χ4n) is 2.41. The van der Waals surface area contributed by atoms with Gasteiger partial charge in [-0.1, -0.05) is 0 Å². The van der Waals surface area contributed by atoms with Crippen molar-refractivity contribution >= 4 is 17.5 Å². The lowest BCUT2D eigenvalue weighted by molar-refractivity contribution is 0.627. The van der Waals surface area contributed by atoms with E-state index < -0.39 is 0 Å². The van der Waals surface area contributed by atoms with Crippen LogP contribution in [0.2, 0.25) is 0 Å². The summed E-state index contributed by atoms with van der Waals surface area (Å²) < 4.78 is 13.3. The number of hydrogen-bond acceptors (Lipinski definition) is 5. The average molecular weight is 337 g/mol. The molecule has 0 saturated heterocycles. The molecule has 3 rings (SSSR count). The lowest BCUT2D eigenvalue weighted by Crippen LogP contribution is -2.13. The van der Waals surface area contributed by atoms with Gasteiger partial charge in [0, 0.05) is 35.8 Å². The smallest absolute Gasteiger partial charge is 0.225 e. The third kappa shape index (κ3) is 4.29. The highest BCUT2D eigenvalue weighted by molar-refractivity contribution is 5.68. The van der Waals surface area contributed by atoms with E-state index in [-0.39, 0.29) is 11.9 Å². The number of aromatic nitrogens is 3. The number of aryl methyl sites for hydroxylation is 1. The van der Waals surface area contributed by atoms with Gasteiger partial charge in [0.2, 0.25) is 5.95 Å². The van der Waals surface area contributed by atoms with Crippen LogP contribution < -0.4 is 10.6 Å². The van der Waals surface area contributed by atoms with E-state index in [9.17, 15) is 4.39 Å². The van der Waals surface area contributed by atoms with Crippen molar-refractivity contribution in [2.75, 3.05) is 10.6 Å². The maximum atomic E-state index is 13.3. The Hall–Kier alpha value is -3.02. The van der Waals surface area contributed by atoms with E-state index >= 15 is 0 Å². The Morgan fingerprint density at radius 2 is 1.76 bits per heavy atom. The maximum Gasteiger partial charge on any atom is 0.225 e. The Balaban J connectivity index is 2.00. The molecule has 2 N–H and O–H groups in total. The lowest BCUT2D eigenvalue weighted by Gasteiger charge is -2.14. The Kier molecular flexibility index (Phi) is 4.88. The minimum absolute atomic E-state index is 0.202. The van der Waals surface area contributed by atoms with Gasteiger partial charge < -0.3 is 10.6 Å². The number of nitrogens with one attached hydrogen (secondary N) is 2. The van der Waals surface area contributed by atoms with Crippen LogP contribution in [0.3, 0.4) is 0 Å². The maximum absolute atomic E-state index is 13.3. The van der Waals surface area contributed by atoms with Gasteiger partial charge in [-0.25, -0.2) is 9.37 Å². The van der Waals surface area contributed by atoms with Crippen LogP contribution in [0.25, 0.3) is 11.3 Å². The van der Waals surface area contributed by atoms with Gasteiger partial charge in [-0.15, -0.1) is 0 Å². The molecule has 2 heterocycles. The molecule has 0 aliphatic carbocycles. The van der Waals surface area contributed by atoms with Crippen molar-refractivity contribution in [1.82, 2.24) is 15.0 Å². The van der Waals surface area contributed by atoms with Crippen molar-refractivity contribution in [2.24, 2.45) is 0 Å². The predicted octanol–water partition coefficient (Wildman–Crippen LogP) is 4.55. The fourth-order valence-corrected chi connectivity index (χ4v) is 2.41. The zero-order valence-corrected chi connectivity index (χ0v) is 14.4. The summed E-state index contributed by atoms with van der Waals surface area (Å²) in [5.74, 6) is 0.914. The van der Waals surface area contributed by atoms with Gasteiger partial charge in [0.25, 0.3) is 0 Å². The standard InChI is InChI=1S/C19H20FN5/c1-12(2)22-19-24-17(14-6-8-21-9-7-14)11-18(25-19)23-16-5-4-15(20)10-13(16)3/h4-12H,1-3H3,(H2,22,23,24,25). The van der Waals surface area contributed by atoms with Gasteiger partial charge in [0.1, 0.15) is 11.6 Å². The largest absolute Gasteiger partial charge is 0.352 e. The first kappa shape index (κ1) is 16.8. The SMILES string of the molecule is Cc1cc(F)ccc1Nc1cc(-c2ccncc2)nc(NC(C)C)n1. The molecular weight excluding hydrogens is 317 g/mol. The summed E-state index contributed by atoms with van der Waals surface area (Å²) in [4.78, 5) is 13.1. The molecule has 0 amide bonds. The first-order valence-electron chi connectivity index (χ1n) is 8.10. The van der Waals surface area contributed by atoms with Gasteiger partial charge in [-0.05, 0) is 56.7 Å². The predicted molar refractivity (Wildman–Crippen MR) is 98.4 cm³/mol. The van der Waals surface area contributed by atoms with Crippen LogP contribution >= 0.6 is 0 Å². The molecule has 2 aromatic heterocycles. The number of hydrogen-bond donors (Lipinski definition) is 2. The van der Waals surface area contributed by atoms with Crippen molar-refractivity contribution in [2.45, 2.75) is 26.8 Å². The topological polar surface area (TPSA) is 62.7 Å². The first-order chi connectivity index (χ1) is 12.0. The van der Waals surface area contributed by atoms with Crippen molar-refractivity contribution < 1.29 is 4.39 Å². The van der Waals surface area contributed by atoms with E-state index in [4.69, 9.17) is 0 Å². The van der Waals surface area contributed by atoms with E-state index in [1.807, 2.05) is 39.0 Å². The molecule has 0 saturated carbocycles. The number of nitrogens with zero attached hydrogens (tertiary/aromatic N) is 3. The zero-order valence-electron chi connectivity index (χ0n) is 14.4. The van der Waals surface area contributed by atoms with Gasteiger partial charge in [0.15, 0.2) is 0 Å². The third-order valence-corrected chi connectivity index (χ3v) is 3.57. The van der Waals surface area contributed by atoms with E-state index in [0.717, 1.165) is 22.5 Å². The highest BCUT2D eigenvalue weighted by Crippen LogP contribution is 2.25. The summed E-state index contributed by atoms with van der Waals surface area (Å²) >= 11 is 0. The highest BCUT2D eigenvalue weighted by Gasteiger charge is 2.09. The number of pyridine rings is 1. The van der Waals surface area contributed by atoms with Gasteiger partial charge in [-0.2, -0.15) is 4.98 Å². The summed E-state index contributed by atoms with van der Waals surface area (Å²) in [7, 11) is 0. The fraction of sp³-hybridized carbons (Fsp3) is 0.211. The van der Waals surface area contributed by atoms with Crippen LogP contribution in [0.5, 0.6) is 0 Å². The van der Waals surface area contributed by atoms with Crippen LogP contribution in [0.15, 0.2) is 48.8 Å². The monoisotopic (exact) mass is 337 g/mol. The number of rotatable bonds is 5. The van der Waals surface area contributed by atoms with Crippen molar-refractivity contribution in [1.29, 1.82) is 0 Å². The molecule has 0 bridgehead atoms. The minimum Gasteiger partial charge on any atom is -0.352 e. The van der Waals surface area contributed by atoms with E-state index in [1.165, 1.54) is 12.1 Å². The molecule has 0 atom stereocenters. The summed E-state index contributed by atoms with van der Waals surface area (Å²) in [6.45, 7) is 5.91. The molecule has 0 radical (unpaired) electrons. The summed E-state index contributed by atoms with van der Waals surface area (Å²) in [6.07, 6.45) is 3.45. The Morgan fingerprint density at radius 3 is 2.44 bits per heavy atom. The molecule has 1 aromatic carbocycles. The molecule has 0 spiro atoms. The molecular formula is C19H20FN5. The molecule has 6 heteroatoms. The molecule has 0 aliphatic heterocycles. The molecule has 0 aliphatic rings. The Labute approximate surface area is 146 Å². The van der Waals surface area contributed by atoms with Crippen LogP contribution in [-0.4, -0.2) is 21.0 Å². The van der Waals surface area contributed by atoms with E-state index in [1.54, 1.807) is 18.5 Å². The molecule has 3 aromatic rings. The summed E-state index contributed by atoms with van der Waals surface area (Å²) in [6, 6.07) is 10.5. The van der Waals surface area contributed by atoms with Crippen LogP contribution in [0, 0.1) is 12.7 Å². The third-order valence-electron chi connectivity index (χ3n) is 3.57. The molecule has 0 fully saturated rings. The second kappa shape index (κ2) is 7.25. The normalized spacial score (nSPS) is 10.8. The van der Waals surface area contributed by atoms with Gasteiger partial charge in [0.05, 0.1) is 5.69 Å². The second-order valence-electron chi connectivity index (χ2n) is 6.08. The Bertz CT molecular complexity index is 865. The average Bonchev–Trinajstić information content (AvgIpc) is 2.57. The van der Waals surface area contributed by atoms with Gasteiger partial charge in [-0.3, -0.25) is 4.98 Å². The minimum atomic E-state index is -0.259. The van der Waals surface area contributed by atoms with Crippen molar-refractivity contribution in [3.63, 3.8) is 0 Å². The van der Waals surface area contributed by atoms with E-state index in [0.29, 0.717) is 11.8 Å². The van der Waals surface area contributed by atoms with E-state index in [2.05, 4.69) is 25.6 Å². The van der Waals surface area contributed by atoms with Crippen LogP contribution in [0.1, 0.15) is 19.4 Å². The lowest BCUT2D eigenvalue weighted by atomic mass is 10.1. The quantitative estimate of drug-likeness (QED) is 0.715. The second-order valence-corrected chi connectivity index (χ2v) is 6.08. The van der Waals surface area contributed by atoms with Crippen LogP contribution in [-0.2, 0) is 0 Å². The molecule has 128 valence electrons. The molecule has 0 unspecified atom stereocenters. The number of halogens is 1. The van der Waals surface area contributed by atoms with Crippen molar-refractivity contribution in [3.05, 3.63) is 60.2 Å². The first-order valence-corrected chi connectivity index (χ1v) is 8.10. The molecule has 25 heavy (non-hydrogen) atoms. The zero-order chi connectivity index (χ0) is 17.8. The highest BCUT2D eigenvalue weighted by atomic mass is 19.1. The number of anilines is 3. The molecule has 5 nitrogen and oxygen atoms in total. The summed E-state index contributed by atoms with van der Waals surface area (Å²) in [5.41, 5.74) is 3.34. The Morgan fingerprint density at radius 1 is 1.00 bits per heavy atom. The summed E-state index contributed by atoms with van der Waals surface area (Å²) in [5, 5.41) is 6.48. The number of benzene rings is 1. The van der Waals surface area contributed by atoms with Crippen molar-refractivity contribution in [3.8, 4) is 11.3 Å². The van der Waals surface area contributed by atoms with Gasteiger partial charge >= 0.3 is 0 Å².